The number of ether oxygens (including phenoxy) is 1. The molecule has 1 nitrogen and oxygen atoms in total. The van der Waals surface area contributed by atoms with Crippen molar-refractivity contribution in [3.8, 4) is 11.8 Å². The van der Waals surface area contributed by atoms with Crippen LogP contribution in [0.4, 0.5) is 0 Å². The molecule has 1 heteroatoms. The first-order chi connectivity index (χ1) is 8.45. The predicted molar refractivity (Wildman–Crippen MR) is 68.3 cm³/mol. The SMILES string of the molecule is C(#Cc1cc[c]cc1)COCc1ccccc1. The van der Waals surface area contributed by atoms with Crippen molar-refractivity contribution in [2.24, 2.45) is 0 Å². The molecule has 0 saturated carbocycles. The normalized spacial score (nSPS) is 9.41. The van der Waals surface area contributed by atoms with Gasteiger partial charge in [0.15, 0.2) is 0 Å². The van der Waals surface area contributed by atoms with Gasteiger partial charge in [0.05, 0.1) is 6.61 Å². The van der Waals surface area contributed by atoms with Crippen LogP contribution in [0.1, 0.15) is 11.1 Å². The lowest BCUT2D eigenvalue weighted by molar-refractivity contribution is 0.153. The van der Waals surface area contributed by atoms with E-state index in [0.717, 1.165) is 5.56 Å². The summed E-state index contributed by atoms with van der Waals surface area (Å²) < 4.78 is 5.46. The lowest BCUT2D eigenvalue weighted by Gasteiger charge is -1.99. The van der Waals surface area contributed by atoms with Gasteiger partial charge in [-0.1, -0.05) is 54.3 Å². The summed E-state index contributed by atoms with van der Waals surface area (Å²) >= 11 is 0. The fourth-order valence-corrected chi connectivity index (χ4v) is 1.40. The van der Waals surface area contributed by atoms with Gasteiger partial charge in [-0.2, -0.15) is 0 Å². The molecule has 0 fully saturated rings. The van der Waals surface area contributed by atoms with E-state index in [9.17, 15) is 0 Å². The van der Waals surface area contributed by atoms with Crippen LogP contribution in [0.5, 0.6) is 0 Å². The summed E-state index contributed by atoms with van der Waals surface area (Å²) in [5.41, 5.74) is 2.16. The molecule has 0 aliphatic carbocycles. The second-order valence-corrected chi connectivity index (χ2v) is 3.57. The van der Waals surface area contributed by atoms with Gasteiger partial charge in [-0.25, -0.2) is 0 Å². The molecule has 0 unspecified atom stereocenters. The van der Waals surface area contributed by atoms with E-state index >= 15 is 0 Å². The summed E-state index contributed by atoms with van der Waals surface area (Å²) in [5, 5.41) is 0. The van der Waals surface area contributed by atoms with Gasteiger partial charge in [0.1, 0.15) is 6.61 Å². The smallest absolute Gasteiger partial charge is 0.108 e. The van der Waals surface area contributed by atoms with Crippen LogP contribution in [-0.2, 0) is 11.3 Å². The maximum atomic E-state index is 5.46. The topological polar surface area (TPSA) is 9.23 Å². The average Bonchev–Trinajstić information content (AvgIpc) is 2.41. The zero-order chi connectivity index (χ0) is 11.8. The largest absolute Gasteiger partial charge is 0.364 e. The molecule has 0 aliphatic heterocycles. The van der Waals surface area contributed by atoms with Gasteiger partial charge in [0, 0.05) is 5.56 Å². The van der Waals surface area contributed by atoms with E-state index in [4.69, 9.17) is 4.74 Å². The van der Waals surface area contributed by atoms with Crippen LogP contribution < -0.4 is 0 Å². The summed E-state index contributed by atoms with van der Waals surface area (Å²) in [7, 11) is 0. The summed E-state index contributed by atoms with van der Waals surface area (Å²) in [4.78, 5) is 0. The van der Waals surface area contributed by atoms with Gasteiger partial charge in [0.2, 0.25) is 0 Å². The molecule has 0 aliphatic rings. The Morgan fingerprint density at radius 2 is 1.76 bits per heavy atom. The van der Waals surface area contributed by atoms with E-state index in [1.807, 2.05) is 54.6 Å². The predicted octanol–water partition coefficient (Wildman–Crippen LogP) is 3.06. The summed E-state index contributed by atoms with van der Waals surface area (Å²) in [6.07, 6.45) is 0. The molecule has 2 aromatic carbocycles. The molecule has 0 N–H and O–H groups in total. The minimum absolute atomic E-state index is 0.452. The molecule has 17 heavy (non-hydrogen) atoms. The fraction of sp³-hybridized carbons (Fsp3) is 0.125. The first-order valence-corrected chi connectivity index (χ1v) is 5.52. The standard InChI is InChI=1S/C16H13O/c1-3-8-15(9-4-1)12-7-13-17-14-16-10-5-2-6-11-16/h2-6,8-11H,13-14H2. The summed E-state index contributed by atoms with van der Waals surface area (Å²) in [6.45, 7) is 1.06. The molecule has 0 amide bonds. The number of rotatable bonds is 3. The van der Waals surface area contributed by atoms with Crippen molar-refractivity contribution in [1.82, 2.24) is 0 Å². The summed E-state index contributed by atoms with van der Waals surface area (Å²) in [5.74, 6) is 6.02. The Labute approximate surface area is 102 Å². The molecule has 2 rings (SSSR count). The minimum Gasteiger partial charge on any atom is -0.364 e. The molecule has 2 aromatic rings. The van der Waals surface area contributed by atoms with E-state index in [2.05, 4.69) is 17.9 Å². The molecule has 1 radical (unpaired) electrons. The van der Waals surface area contributed by atoms with Crippen LogP contribution in [0, 0.1) is 17.9 Å². The molecule has 0 aromatic heterocycles. The van der Waals surface area contributed by atoms with Crippen molar-refractivity contribution in [3.05, 3.63) is 71.8 Å². The maximum Gasteiger partial charge on any atom is 0.108 e. The number of hydrogen-bond donors (Lipinski definition) is 0. The van der Waals surface area contributed by atoms with E-state index in [1.165, 1.54) is 5.56 Å². The third-order valence-electron chi connectivity index (χ3n) is 2.24. The minimum atomic E-state index is 0.452. The Kier molecular flexibility index (Phi) is 4.39. The molecule has 0 saturated heterocycles. The third kappa shape index (κ3) is 4.14. The first kappa shape index (κ1) is 11.4. The van der Waals surface area contributed by atoms with E-state index < -0.39 is 0 Å². The van der Waals surface area contributed by atoms with Crippen molar-refractivity contribution >= 4 is 0 Å². The highest BCUT2D eigenvalue weighted by Gasteiger charge is 1.89. The summed E-state index contributed by atoms with van der Waals surface area (Å²) in [6, 6.07) is 20.6. The van der Waals surface area contributed by atoms with Crippen molar-refractivity contribution in [1.29, 1.82) is 0 Å². The Morgan fingerprint density at radius 1 is 1.00 bits per heavy atom. The van der Waals surface area contributed by atoms with Crippen LogP contribution in [0.15, 0.2) is 54.6 Å². The van der Waals surface area contributed by atoms with E-state index in [1.54, 1.807) is 0 Å². The molecule has 0 atom stereocenters. The van der Waals surface area contributed by atoms with Crippen molar-refractivity contribution in [3.63, 3.8) is 0 Å². The van der Waals surface area contributed by atoms with Gasteiger partial charge in [-0.3, -0.25) is 0 Å². The highest BCUT2D eigenvalue weighted by atomic mass is 16.5. The Morgan fingerprint density at radius 3 is 2.53 bits per heavy atom. The molecule has 83 valence electrons. The highest BCUT2D eigenvalue weighted by Crippen LogP contribution is 2.00. The fourth-order valence-electron chi connectivity index (χ4n) is 1.40. The second kappa shape index (κ2) is 6.52. The lowest BCUT2D eigenvalue weighted by Crippen LogP contribution is -1.92. The van der Waals surface area contributed by atoms with Gasteiger partial charge in [0.25, 0.3) is 0 Å². The highest BCUT2D eigenvalue weighted by molar-refractivity contribution is 5.33. The Hall–Kier alpha value is -2.04. The monoisotopic (exact) mass is 221 g/mol. The van der Waals surface area contributed by atoms with Gasteiger partial charge < -0.3 is 4.74 Å². The van der Waals surface area contributed by atoms with Crippen LogP contribution in [0.2, 0.25) is 0 Å². The Balaban J connectivity index is 1.76. The quantitative estimate of drug-likeness (QED) is 0.571. The molecular weight excluding hydrogens is 208 g/mol. The van der Waals surface area contributed by atoms with E-state index in [-0.39, 0.29) is 0 Å². The van der Waals surface area contributed by atoms with Crippen molar-refractivity contribution < 1.29 is 4.74 Å². The van der Waals surface area contributed by atoms with Crippen LogP contribution >= 0.6 is 0 Å². The van der Waals surface area contributed by atoms with Crippen LogP contribution in [-0.4, -0.2) is 6.61 Å². The molecule has 0 bridgehead atoms. The average molecular weight is 221 g/mol. The Bertz CT molecular complexity index is 491. The van der Waals surface area contributed by atoms with Crippen LogP contribution in [0.25, 0.3) is 0 Å². The number of benzene rings is 2. The van der Waals surface area contributed by atoms with Gasteiger partial charge in [-0.15, -0.1) is 0 Å². The number of hydrogen-bond acceptors (Lipinski definition) is 1. The molecular formula is C16H13O. The maximum absolute atomic E-state index is 5.46. The van der Waals surface area contributed by atoms with Crippen molar-refractivity contribution in [2.75, 3.05) is 6.61 Å². The lowest BCUT2D eigenvalue weighted by atomic mass is 10.2. The van der Waals surface area contributed by atoms with Gasteiger partial charge in [-0.05, 0) is 23.8 Å². The molecule has 0 heterocycles. The second-order valence-electron chi connectivity index (χ2n) is 3.57. The zero-order valence-corrected chi connectivity index (χ0v) is 9.52. The van der Waals surface area contributed by atoms with Crippen LogP contribution in [0.3, 0.4) is 0 Å². The van der Waals surface area contributed by atoms with Crippen molar-refractivity contribution in [2.45, 2.75) is 6.61 Å². The zero-order valence-electron chi connectivity index (χ0n) is 9.52. The molecule has 0 spiro atoms. The van der Waals surface area contributed by atoms with Gasteiger partial charge >= 0.3 is 0 Å². The first-order valence-electron chi connectivity index (χ1n) is 5.52. The third-order valence-corrected chi connectivity index (χ3v) is 2.24. The van der Waals surface area contributed by atoms with E-state index in [0.29, 0.717) is 13.2 Å².